The summed E-state index contributed by atoms with van der Waals surface area (Å²) in [7, 11) is 0. The lowest BCUT2D eigenvalue weighted by Crippen LogP contribution is -2.67. The molecule has 0 saturated heterocycles. The Kier molecular flexibility index (Phi) is 3.20. The highest BCUT2D eigenvalue weighted by atomic mass is 16.3. The van der Waals surface area contributed by atoms with Gasteiger partial charge < -0.3 is 10.2 Å². The molecule has 0 radical (unpaired) electrons. The first-order chi connectivity index (χ1) is 9.78. The van der Waals surface area contributed by atoms with Gasteiger partial charge in [0.2, 0.25) is 0 Å². The highest BCUT2D eigenvalue weighted by Gasteiger charge is 2.67. The molecule has 20 heavy (non-hydrogen) atoms. The minimum absolute atomic E-state index is 0.229. The maximum Gasteiger partial charge on any atom is 0.0492 e. The second kappa shape index (κ2) is 4.71. The van der Waals surface area contributed by atoms with Crippen LogP contribution in [0.1, 0.15) is 64.2 Å². The average Bonchev–Trinajstić information content (AvgIpc) is 2.55. The fourth-order valence-corrected chi connectivity index (χ4v) is 7.40. The van der Waals surface area contributed by atoms with Crippen LogP contribution in [0.4, 0.5) is 0 Å². The molecule has 4 unspecified atom stereocenters. The topological polar surface area (TPSA) is 40.5 Å². The minimum Gasteiger partial charge on any atom is -0.396 e. The van der Waals surface area contributed by atoms with Crippen molar-refractivity contribution >= 4 is 0 Å². The molecule has 2 heteroatoms. The summed E-state index contributed by atoms with van der Waals surface area (Å²) < 4.78 is 0. The van der Waals surface area contributed by atoms with E-state index >= 15 is 0 Å². The molecule has 5 aliphatic rings. The molecule has 2 N–H and O–H groups in total. The monoisotopic (exact) mass is 278 g/mol. The van der Waals surface area contributed by atoms with E-state index in [0.29, 0.717) is 36.9 Å². The zero-order chi connectivity index (χ0) is 13.8. The van der Waals surface area contributed by atoms with Crippen molar-refractivity contribution in [3.05, 3.63) is 0 Å². The van der Waals surface area contributed by atoms with Crippen molar-refractivity contribution in [2.45, 2.75) is 64.2 Å². The lowest BCUT2D eigenvalue weighted by molar-refractivity contribution is -0.249. The second-order valence-corrected chi connectivity index (χ2v) is 8.28. The van der Waals surface area contributed by atoms with Crippen LogP contribution in [0.25, 0.3) is 0 Å². The van der Waals surface area contributed by atoms with E-state index in [0.717, 1.165) is 0 Å². The Morgan fingerprint density at radius 2 is 0.900 bits per heavy atom. The predicted octanol–water partition coefficient (Wildman–Crippen LogP) is 3.36. The molecule has 5 saturated carbocycles. The van der Waals surface area contributed by atoms with E-state index in [-0.39, 0.29) is 10.8 Å². The van der Waals surface area contributed by atoms with Crippen LogP contribution >= 0.6 is 0 Å². The molecule has 2 nitrogen and oxygen atoms in total. The van der Waals surface area contributed by atoms with Gasteiger partial charge in [-0.3, -0.25) is 0 Å². The molecule has 5 fully saturated rings. The standard InChI is InChI=1S/C18H30O2/c19-11-17-9-10-18(12-20,14-6-2-1-5-13(14)17)16-8-4-3-7-15(16)17/h13-16,19-20H,1-12H2. The van der Waals surface area contributed by atoms with Crippen molar-refractivity contribution in [3.8, 4) is 0 Å². The number of aliphatic hydroxyl groups excluding tert-OH is 2. The van der Waals surface area contributed by atoms with Crippen LogP contribution in [-0.2, 0) is 0 Å². The van der Waals surface area contributed by atoms with Crippen molar-refractivity contribution in [2.24, 2.45) is 34.5 Å². The molecule has 114 valence electrons. The molecule has 4 atom stereocenters. The van der Waals surface area contributed by atoms with E-state index in [1.54, 1.807) is 0 Å². The van der Waals surface area contributed by atoms with E-state index < -0.39 is 0 Å². The molecular weight excluding hydrogens is 248 g/mol. The van der Waals surface area contributed by atoms with Crippen molar-refractivity contribution in [1.82, 2.24) is 0 Å². The molecule has 0 heterocycles. The molecule has 2 bridgehead atoms. The fourth-order valence-electron chi connectivity index (χ4n) is 7.40. The van der Waals surface area contributed by atoms with Gasteiger partial charge in [0.25, 0.3) is 0 Å². The minimum atomic E-state index is 0.229. The van der Waals surface area contributed by atoms with Crippen molar-refractivity contribution in [3.63, 3.8) is 0 Å². The van der Waals surface area contributed by atoms with E-state index in [1.807, 2.05) is 0 Å². The summed E-state index contributed by atoms with van der Waals surface area (Å²) in [5.41, 5.74) is 0.459. The lowest BCUT2D eigenvalue weighted by atomic mass is 9.34. The molecule has 0 aliphatic heterocycles. The van der Waals surface area contributed by atoms with Crippen LogP contribution in [0.2, 0.25) is 0 Å². The first-order valence-corrected chi connectivity index (χ1v) is 9.00. The number of hydrogen-bond donors (Lipinski definition) is 2. The molecule has 0 aromatic heterocycles. The van der Waals surface area contributed by atoms with Gasteiger partial charge in [-0.15, -0.1) is 0 Å². The summed E-state index contributed by atoms with van der Waals surface area (Å²) in [6.07, 6.45) is 13.0. The van der Waals surface area contributed by atoms with E-state index in [1.165, 1.54) is 64.2 Å². The Bertz CT molecular complexity index is 318. The summed E-state index contributed by atoms with van der Waals surface area (Å²) in [5, 5.41) is 20.7. The normalized spacial score (nSPS) is 54.3. The van der Waals surface area contributed by atoms with Crippen LogP contribution in [-0.4, -0.2) is 23.4 Å². The molecule has 5 aliphatic carbocycles. The third-order valence-corrected chi connectivity index (χ3v) is 8.13. The maximum absolute atomic E-state index is 10.3. The van der Waals surface area contributed by atoms with Gasteiger partial charge in [-0.25, -0.2) is 0 Å². The molecular formula is C18H30O2. The van der Waals surface area contributed by atoms with Crippen molar-refractivity contribution < 1.29 is 10.2 Å². The average molecular weight is 278 g/mol. The highest BCUT2D eigenvalue weighted by molar-refractivity contribution is 5.16. The SMILES string of the molecule is OCC12CCC(CO)(C3CCCCC31)C1CCCCC12. The first-order valence-electron chi connectivity index (χ1n) is 9.00. The summed E-state index contributed by atoms with van der Waals surface area (Å²) >= 11 is 0. The van der Waals surface area contributed by atoms with Crippen molar-refractivity contribution in [1.29, 1.82) is 0 Å². The van der Waals surface area contributed by atoms with Gasteiger partial charge in [-0.2, -0.15) is 0 Å². The summed E-state index contributed by atoms with van der Waals surface area (Å²) in [4.78, 5) is 0. The Hall–Kier alpha value is -0.0800. The maximum atomic E-state index is 10.3. The summed E-state index contributed by atoms with van der Waals surface area (Å²) in [6.45, 7) is 0.827. The molecule has 0 aromatic rings. The van der Waals surface area contributed by atoms with Gasteiger partial charge in [-0.05, 0) is 73.0 Å². The van der Waals surface area contributed by atoms with Gasteiger partial charge in [0.1, 0.15) is 0 Å². The smallest absolute Gasteiger partial charge is 0.0492 e. The molecule has 0 aromatic carbocycles. The Morgan fingerprint density at radius 3 is 1.15 bits per heavy atom. The van der Waals surface area contributed by atoms with Crippen LogP contribution < -0.4 is 0 Å². The first kappa shape index (κ1) is 13.6. The van der Waals surface area contributed by atoms with E-state index in [9.17, 15) is 10.2 Å². The van der Waals surface area contributed by atoms with Crippen LogP contribution in [0.3, 0.4) is 0 Å². The molecule has 0 spiro atoms. The summed E-state index contributed by atoms with van der Waals surface area (Å²) in [6, 6.07) is 0. The van der Waals surface area contributed by atoms with Gasteiger partial charge in [0.15, 0.2) is 0 Å². The van der Waals surface area contributed by atoms with Gasteiger partial charge in [0, 0.05) is 13.2 Å². The lowest BCUT2D eigenvalue weighted by Gasteiger charge is -2.71. The third-order valence-electron chi connectivity index (χ3n) is 8.13. The number of aliphatic hydroxyl groups is 2. The largest absolute Gasteiger partial charge is 0.396 e. The second-order valence-electron chi connectivity index (χ2n) is 8.28. The van der Waals surface area contributed by atoms with E-state index in [2.05, 4.69) is 0 Å². The van der Waals surface area contributed by atoms with Gasteiger partial charge in [-0.1, -0.05) is 25.7 Å². The van der Waals surface area contributed by atoms with Gasteiger partial charge >= 0.3 is 0 Å². The predicted molar refractivity (Wildman–Crippen MR) is 79.2 cm³/mol. The highest BCUT2D eigenvalue weighted by Crippen LogP contribution is 2.72. The third kappa shape index (κ3) is 1.48. The molecule has 0 amide bonds. The van der Waals surface area contributed by atoms with Crippen LogP contribution in [0, 0.1) is 34.5 Å². The zero-order valence-corrected chi connectivity index (χ0v) is 12.7. The van der Waals surface area contributed by atoms with Crippen LogP contribution in [0.15, 0.2) is 0 Å². The Morgan fingerprint density at radius 1 is 0.600 bits per heavy atom. The Labute approximate surface area is 123 Å². The number of hydrogen-bond acceptors (Lipinski definition) is 2. The van der Waals surface area contributed by atoms with Crippen molar-refractivity contribution in [2.75, 3.05) is 13.2 Å². The number of rotatable bonds is 2. The van der Waals surface area contributed by atoms with Crippen LogP contribution in [0.5, 0.6) is 0 Å². The Balaban J connectivity index is 1.81. The zero-order valence-electron chi connectivity index (χ0n) is 12.7. The fraction of sp³-hybridized carbons (Fsp3) is 1.00. The summed E-state index contributed by atoms with van der Waals surface area (Å²) in [5.74, 6) is 2.84. The van der Waals surface area contributed by atoms with E-state index in [4.69, 9.17) is 0 Å². The quantitative estimate of drug-likeness (QED) is 0.813. The number of fused-ring (bicyclic) bond motifs is 1. The van der Waals surface area contributed by atoms with Gasteiger partial charge in [0.05, 0.1) is 0 Å². The molecule has 5 rings (SSSR count).